The van der Waals surface area contributed by atoms with Crippen molar-refractivity contribution in [1.29, 1.82) is 0 Å². The minimum Gasteiger partial charge on any atom is -0.328 e. The molecule has 1 aromatic rings. The van der Waals surface area contributed by atoms with Crippen LogP contribution < -0.4 is 5.73 Å². The molecule has 0 radical (unpaired) electrons. The molecule has 0 saturated heterocycles. The van der Waals surface area contributed by atoms with Gasteiger partial charge in [-0.15, -0.1) is 0 Å². The van der Waals surface area contributed by atoms with Crippen LogP contribution in [0.3, 0.4) is 0 Å². The van der Waals surface area contributed by atoms with E-state index in [0.29, 0.717) is 0 Å². The minimum atomic E-state index is 0.252. The molecule has 0 aromatic carbocycles. The lowest BCUT2D eigenvalue weighted by Crippen LogP contribution is -2.16. The zero-order valence-corrected chi connectivity index (χ0v) is 10.6. The van der Waals surface area contributed by atoms with E-state index in [-0.39, 0.29) is 6.04 Å². The second-order valence-electron chi connectivity index (χ2n) is 3.70. The molecule has 0 aliphatic rings. The van der Waals surface area contributed by atoms with Gasteiger partial charge in [0.1, 0.15) is 0 Å². The Kier molecular flexibility index (Phi) is 4.13. The summed E-state index contributed by atoms with van der Waals surface area (Å²) in [4.78, 5) is 0. The topological polar surface area (TPSA) is 43.8 Å². The highest BCUT2D eigenvalue weighted by Crippen LogP contribution is 2.22. The van der Waals surface area contributed by atoms with E-state index < -0.39 is 0 Å². The fourth-order valence-electron chi connectivity index (χ4n) is 1.46. The molecule has 2 N–H and O–H groups in total. The summed E-state index contributed by atoms with van der Waals surface area (Å²) < 4.78 is 3.11. The van der Waals surface area contributed by atoms with Crippen molar-refractivity contribution < 1.29 is 0 Å². The van der Waals surface area contributed by atoms with Gasteiger partial charge in [0.25, 0.3) is 0 Å². The molecule has 4 heteroatoms. The Balaban J connectivity index is 2.80. The van der Waals surface area contributed by atoms with E-state index >= 15 is 0 Å². The Bertz CT molecular complexity index is 305. The molecule has 0 bridgehead atoms. The van der Waals surface area contributed by atoms with E-state index in [1.54, 1.807) is 0 Å². The van der Waals surface area contributed by atoms with E-state index in [0.717, 1.165) is 29.4 Å². The maximum atomic E-state index is 5.73. The number of aromatic nitrogens is 2. The van der Waals surface area contributed by atoms with E-state index in [4.69, 9.17) is 5.73 Å². The molecule has 0 aliphatic carbocycles. The van der Waals surface area contributed by atoms with Crippen LogP contribution in [0.2, 0.25) is 0 Å². The lowest BCUT2D eigenvalue weighted by atomic mass is 10.1. The molecule has 0 fully saturated rings. The predicted molar refractivity (Wildman–Crippen MR) is 62.3 cm³/mol. The summed E-state index contributed by atoms with van der Waals surface area (Å²) in [5.74, 6) is 0. The van der Waals surface area contributed by atoms with E-state index in [2.05, 4.69) is 28.0 Å². The third-order valence-electron chi connectivity index (χ3n) is 2.34. The van der Waals surface area contributed by atoms with Gasteiger partial charge >= 0.3 is 0 Å². The molecule has 1 atom stereocenters. The van der Waals surface area contributed by atoms with Crippen LogP contribution in [0.1, 0.15) is 31.7 Å². The van der Waals surface area contributed by atoms with E-state index in [1.807, 2.05) is 18.7 Å². The number of rotatable bonds is 4. The average Bonchev–Trinajstić information content (AvgIpc) is 2.39. The monoisotopic (exact) mass is 259 g/mol. The van der Waals surface area contributed by atoms with Crippen molar-refractivity contribution in [2.24, 2.45) is 12.8 Å². The van der Waals surface area contributed by atoms with Gasteiger partial charge in [0.15, 0.2) is 0 Å². The van der Waals surface area contributed by atoms with Gasteiger partial charge in [-0.2, -0.15) is 5.10 Å². The molecule has 14 heavy (non-hydrogen) atoms. The highest BCUT2D eigenvalue weighted by Gasteiger charge is 2.12. The van der Waals surface area contributed by atoms with Crippen LogP contribution in [0.5, 0.6) is 0 Å². The largest absolute Gasteiger partial charge is 0.328 e. The van der Waals surface area contributed by atoms with Crippen molar-refractivity contribution in [3.63, 3.8) is 0 Å². The summed E-state index contributed by atoms with van der Waals surface area (Å²) in [5.41, 5.74) is 8.12. The first-order chi connectivity index (χ1) is 6.56. The summed E-state index contributed by atoms with van der Waals surface area (Å²) in [6.45, 7) is 4.15. The number of nitrogens with zero attached hydrogens (tertiary/aromatic N) is 2. The Labute approximate surface area is 93.8 Å². The molecule has 80 valence electrons. The maximum absolute atomic E-state index is 5.73. The number of hydrogen-bond donors (Lipinski definition) is 1. The van der Waals surface area contributed by atoms with Gasteiger partial charge in [0.2, 0.25) is 0 Å². The first-order valence-electron chi connectivity index (χ1n) is 5.02. The number of hydrogen-bond acceptors (Lipinski definition) is 2. The Morgan fingerprint density at radius 3 is 2.64 bits per heavy atom. The number of nitrogens with two attached hydrogens (primary N) is 1. The normalized spacial score (nSPS) is 13.2. The van der Waals surface area contributed by atoms with Crippen molar-refractivity contribution >= 4 is 15.9 Å². The molecule has 0 amide bonds. The smallest absolute Gasteiger partial charge is 0.0766 e. The van der Waals surface area contributed by atoms with E-state index in [9.17, 15) is 0 Å². The Morgan fingerprint density at radius 1 is 1.57 bits per heavy atom. The Hall–Kier alpha value is -0.350. The van der Waals surface area contributed by atoms with Crippen molar-refractivity contribution in [3.05, 3.63) is 15.9 Å². The van der Waals surface area contributed by atoms with Crippen molar-refractivity contribution in [2.75, 3.05) is 0 Å². The third-order valence-corrected chi connectivity index (χ3v) is 3.25. The molecule has 1 aromatic heterocycles. The number of halogens is 1. The Morgan fingerprint density at radius 2 is 2.21 bits per heavy atom. The van der Waals surface area contributed by atoms with Gasteiger partial charge in [-0.25, -0.2) is 0 Å². The molecule has 3 nitrogen and oxygen atoms in total. The van der Waals surface area contributed by atoms with Crippen LogP contribution in [0, 0.1) is 0 Å². The summed E-state index contributed by atoms with van der Waals surface area (Å²) in [7, 11) is 1.99. The fourth-order valence-corrected chi connectivity index (χ4v) is 2.27. The zero-order chi connectivity index (χ0) is 10.7. The second kappa shape index (κ2) is 4.94. The highest BCUT2D eigenvalue weighted by atomic mass is 79.9. The summed E-state index contributed by atoms with van der Waals surface area (Å²) >= 11 is 3.59. The van der Waals surface area contributed by atoms with Gasteiger partial charge < -0.3 is 5.73 Å². The average molecular weight is 260 g/mol. The minimum absolute atomic E-state index is 0.252. The van der Waals surface area contributed by atoms with E-state index in [1.165, 1.54) is 5.69 Å². The van der Waals surface area contributed by atoms with Crippen molar-refractivity contribution in [3.8, 4) is 0 Å². The first kappa shape index (κ1) is 11.7. The summed E-state index contributed by atoms with van der Waals surface area (Å²) in [6, 6.07) is 0.252. The van der Waals surface area contributed by atoms with Crippen LogP contribution in [0.4, 0.5) is 0 Å². The van der Waals surface area contributed by atoms with Gasteiger partial charge in [0.05, 0.1) is 15.9 Å². The van der Waals surface area contributed by atoms with Gasteiger partial charge in [0, 0.05) is 13.1 Å². The van der Waals surface area contributed by atoms with Crippen LogP contribution >= 0.6 is 15.9 Å². The van der Waals surface area contributed by atoms with Crippen LogP contribution in [0.15, 0.2) is 4.47 Å². The zero-order valence-electron chi connectivity index (χ0n) is 9.05. The predicted octanol–water partition coefficient (Wildman–Crippen LogP) is 2.02. The first-order valence-corrected chi connectivity index (χ1v) is 5.81. The molecular formula is C10H18BrN3. The van der Waals surface area contributed by atoms with Crippen LogP contribution in [-0.4, -0.2) is 15.8 Å². The molecule has 0 aliphatic heterocycles. The SMILES string of the molecule is CCc1nn(C)c(CCC(C)N)c1Br. The molecule has 1 rings (SSSR count). The lowest BCUT2D eigenvalue weighted by Gasteiger charge is -2.05. The van der Waals surface area contributed by atoms with Gasteiger partial charge in [-0.1, -0.05) is 6.92 Å². The van der Waals surface area contributed by atoms with Crippen LogP contribution in [-0.2, 0) is 19.9 Å². The standard InChI is InChI=1S/C10H18BrN3/c1-4-8-10(11)9(14(3)13-8)6-5-7(2)12/h7H,4-6,12H2,1-3H3. The quantitative estimate of drug-likeness (QED) is 0.900. The second-order valence-corrected chi connectivity index (χ2v) is 4.49. The summed E-state index contributed by atoms with van der Waals surface area (Å²) in [5, 5.41) is 4.44. The molecule has 1 unspecified atom stereocenters. The lowest BCUT2D eigenvalue weighted by molar-refractivity contribution is 0.621. The summed E-state index contributed by atoms with van der Waals surface area (Å²) in [6.07, 6.45) is 2.95. The molecule has 0 spiro atoms. The molecule has 0 saturated carbocycles. The third kappa shape index (κ3) is 2.58. The fraction of sp³-hybridized carbons (Fsp3) is 0.700. The number of aryl methyl sites for hydroxylation is 2. The molecular weight excluding hydrogens is 242 g/mol. The molecule has 1 heterocycles. The van der Waals surface area contributed by atoms with Crippen LogP contribution in [0.25, 0.3) is 0 Å². The highest BCUT2D eigenvalue weighted by molar-refractivity contribution is 9.10. The maximum Gasteiger partial charge on any atom is 0.0766 e. The van der Waals surface area contributed by atoms with Gasteiger partial charge in [-0.05, 0) is 42.1 Å². The van der Waals surface area contributed by atoms with Crippen molar-refractivity contribution in [2.45, 2.75) is 39.2 Å². The van der Waals surface area contributed by atoms with Gasteiger partial charge in [-0.3, -0.25) is 4.68 Å². The van der Waals surface area contributed by atoms with Crippen molar-refractivity contribution in [1.82, 2.24) is 9.78 Å².